The summed E-state index contributed by atoms with van der Waals surface area (Å²) in [6.45, 7) is 3.62. The van der Waals surface area contributed by atoms with E-state index in [1.165, 1.54) is 4.80 Å². The number of nitrogens with zero attached hydrogens (tertiary/aromatic N) is 6. The summed E-state index contributed by atoms with van der Waals surface area (Å²) >= 11 is 0. The highest BCUT2D eigenvalue weighted by molar-refractivity contribution is 5.50. The summed E-state index contributed by atoms with van der Waals surface area (Å²) in [6, 6.07) is 9.57. The minimum Gasteiger partial charge on any atom is -0.497 e. The first kappa shape index (κ1) is 14.4. The molecule has 22 heavy (non-hydrogen) atoms. The van der Waals surface area contributed by atoms with Gasteiger partial charge in [0.15, 0.2) is 5.82 Å². The third kappa shape index (κ3) is 2.73. The lowest BCUT2D eigenvalue weighted by Gasteiger charge is -2.32. The van der Waals surface area contributed by atoms with E-state index < -0.39 is 0 Å². The maximum atomic E-state index is 9.32. The van der Waals surface area contributed by atoms with Crippen LogP contribution in [0.5, 0.6) is 5.75 Å². The van der Waals surface area contributed by atoms with Gasteiger partial charge in [-0.1, -0.05) is 0 Å². The molecule has 7 heteroatoms. The number of benzene rings is 1. The summed E-state index contributed by atoms with van der Waals surface area (Å²) in [6.07, 6.45) is 0. The molecule has 0 atom stereocenters. The summed E-state index contributed by atoms with van der Waals surface area (Å²) in [5.74, 6) is 1.43. The van der Waals surface area contributed by atoms with Gasteiger partial charge < -0.3 is 14.5 Å². The van der Waals surface area contributed by atoms with Crippen LogP contribution >= 0.6 is 0 Å². The van der Waals surface area contributed by atoms with Gasteiger partial charge >= 0.3 is 0 Å². The fourth-order valence-electron chi connectivity index (χ4n) is 2.43. The molecule has 0 unspecified atom stereocenters. The topological polar surface area (TPSA) is 70.2 Å². The average Bonchev–Trinajstić information content (AvgIpc) is 3.00. The van der Waals surface area contributed by atoms with Crippen molar-refractivity contribution in [2.75, 3.05) is 45.2 Å². The van der Waals surface area contributed by atoms with Crippen LogP contribution in [0.15, 0.2) is 24.3 Å². The van der Waals surface area contributed by atoms with E-state index in [0.717, 1.165) is 37.6 Å². The van der Waals surface area contributed by atoms with Crippen LogP contribution < -0.4 is 9.64 Å². The Morgan fingerprint density at radius 1 is 1.09 bits per heavy atom. The number of hydrogen-bond acceptors (Lipinski definition) is 6. The number of hydrogen-bond donors (Lipinski definition) is 0. The van der Waals surface area contributed by atoms with Gasteiger partial charge in [-0.3, -0.25) is 0 Å². The van der Waals surface area contributed by atoms with Crippen molar-refractivity contribution in [2.45, 2.75) is 0 Å². The van der Waals surface area contributed by atoms with E-state index in [2.05, 4.69) is 33.1 Å². The van der Waals surface area contributed by atoms with E-state index in [0.29, 0.717) is 11.5 Å². The molecule has 2 heterocycles. The number of anilines is 1. The van der Waals surface area contributed by atoms with Crippen LogP contribution in [0, 0.1) is 11.3 Å². The van der Waals surface area contributed by atoms with Crippen molar-refractivity contribution < 1.29 is 4.74 Å². The van der Waals surface area contributed by atoms with E-state index in [4.69, 9.17) is 4.74 Å². The first-order valence-corrected chi connectivity index (χ1v) is 7.16. The lowest BCUT2D eigenvalue weighted by molar-refractivity contribution is 0.312. The fourth-order valence-corrected chi connectivity index (χ4v) is 2.43. The standard InChI is InChI=1S/C15H18N6O/c1-19-7-9-20(10-8-19)15-14(11-16)17-21(18-15)12-3-5-13(22-2)6-4-12/h3-6H,7-10H2,1-2H3. The van der Waals surface area contributed by atoms with Crippen LogP contribution in [0.2, 0.25) is 0 Å². The van der Waals surface area contributed by atoms with Crippen LogP contribution in [0.3, 0.4) is 0 Å². The van der Waals surface area contributed by atoms with Crippen LogP contribution in [-0.2, 0) is 0 Å². The fraction of sp³-hybridized carbons (Fsp3) is 0.400. The molecule has 1 aliphatic rings. The first-order valence-electron chi connectivity index (χ1n) is 7.16. The monoisotopic (exact) mass is 298 g/mol. The maximum Gasteiger partial charge on any atom is 0.207 e. The molecular formula is C15H18N6O. The number of ether oxygens (including phenoxy) is 1. The number of nitriles is 1. The Labute approximate surface area is 129 Å². The first-order chi connectivity index (χ1) is 10.7. The van der Waals surface area contributed by atoms with Crippen molar-refractivity contribution in [1.29, 1.82) is 5.26 Å². The van der Waals surface area contributed by atoms with Gasteiger partial charge in [0.2, 0.25) is 5.69 Å². The summed E-state index contributed by atoms with van der Waals surface area (Å²) in [5.41, 5.74) is 1.16. The van der Waals surface area contributed by atoms with Gasteiger partial charge in [0.05, 0.1) is 12.8 Å². The minimum absolute atomic E-state index is 0.361. The van der Waals surface area contributed by atoms with Crippen molar-refractivity contribution in [3.8, 4) is 17.5 Å². The van der Waals surface area contributed by atoms with Crippen LogP contribution in [0.4, 0.5) is 5.82 Å². The summed E-state index contributed by atoms with van der Waals surface area (Å²) in [7, 11) is 3.72. The molecule has 1 aromatic carbocycles. The zero-order chi connectivity index (χ0) is 15.5. The summed E-state index contributed by atoms with van der Waals surface area (Å²) in [4.78, 5) is 5.88. The molecule has 0 spiro atoms. The Hall–Kier alpha value is -2.59. The highest BCUT2D eigenvalue weighted by Crippen LogP contribution is 2.20. The Bertz CT molecular complexity index is 679. The van der Waals surface area contributed by atoms with Gasteiger partial charge in [0.25, 0.3) is 0 Å². The number of methoxy groups -OCH3 is 1. The van der Waals surface area contributed by atoms with Crippen molar-refractivity contribution in [3.63, 3.8) is 0 Å². The quantitative estimate of drug-likeness (QED) is 0.838. The van der Waals surface area contributed by atoms with Crippen molar-refractivity contribution in [3.05, 3.63) is 30.0 Å². The second-order valence-corrected chi connectivity index (χ2v) is 5.26. The van der Waals surface area contributed by atoms with Crippen molar-refractivity contribution in [1.82, 2.24) is 19.9 Å². The number of rotatable bonds is 3. The summed E-state index contributed by atoms with van der Waals surface area (Å²) < 4.78 is 5.15. The second kappa shape index (κ2) is 6.03. The van der Waals surface area contributed by atoms with E-state index in [1.807, 2.05) is 24.3 Å². The van der Waals surface area contributed by atoms with Gasteiger partial charge in [-0.25, -0.2) is 0 Å². The molecular weight excluding hydrogens is 280 g/mol. The third-order valence-corrected chi connectivity index (χ3v) is 3.81. The highest BCUT2D eigenvalue weighted by atomic mass is 16.5. The Morgan fingerprint density at radius 2 is 1.77 bits per heavy atom. The normalized spacial score (nSPS) is 15.6. The number of likely N-dealkylation sites (N-methyl/N-ethyl adjacent to an activating group) is 1. The van der Waals surface area contributed by atoms with E-state index in [9.17, 15) is 5.26 Å². The van der Waals surface area contributed by atoms with Gasteiger partial charge in [-0.2, -0.15) is 5.26 Å². The average molecular weight is 298 g/mol. The van der Waals surface area contributed by atoms with Crippen LogP contribution in [0.1, 0.15) is 5.69 Å². The van der Waals surface area contributed by atoms with Gasteiger partial charge in [0, 0.05) is 26.2 Å². The molecule has 1 fully saturated rings. The largest absolute Gasteiger partial charge is 0.497 e. The predicted octanol–water partition coefficient (Wildman–Crippen LogP) is 0.899. The molecule has 0 saturated carbocycles. The summed E-state index contributed by atoms with van der Waals surface area (Å²) in [5, 5.41) is 18.1. The zero-order valence-electron chi connectivity index (χ0n) is 12.7. The molecule has 0 radical (unpaired) electrons. The molecule has 3 rings (SSSR count). The molecule has 1 aromatic heterocycles. The van der Waals surface area contributed by atoms with Crippen molar-refractivity contribution >= 4 is 5.82 Å². The third-order valence-electron chi connectivity index (χ3n) is 3.81. The Morgan fingerprint density at radius 3 is 2.36 bits per heavy atom. The maximum absolute atomic E-state index is 9.32. The van der Waals surface area contributed by atoms with E-state index in [1.54, 1.807) is 7.11 Å². The molecule has 1 saturated heterocycles. The Balaban J connectivity index is 1.89. The molecule has 1 aliphatic heterocycles. The SMILES string of the molecule is COc1ccc(-n2nc(C#N)c(N3CCN(C)CC3)n2)cc1. The van der Waals surface area contributed by atoms with Crippen LogP contribution in [-0.4, -0.2) is 60.2 Å². The molecule has 0 aliphatic carbocycles. The van der Waals surface area contributed by atoms with E-state index >= 15 is 0 Å². The molecule has 114 valence electrons. The van der Waals surface area contributed by atoms with Crippen LogP contribution in [0.25, 0.3) is 5.69 Å². The molecule has 2 aromatic rings. The lowest BCUT2D eigenvalue weighted by atomic mass is 10.3. The predicted molar refractivity (Wildman–Crippen MR) is 82.3 cm³/mol. The number of aromatic nitrogens is 3. The van der Waals surface area contributed by atoms with E-state index in [-0.39, 0.29) is 0 Å². The Kier molecular flexibility index (Phi) is 3.94. The smallest absolute Gasteiger partial charge is 0.207 e. The minimum atomic E-state index is 0.361. The second-order valence-electron chi connectivity index (χ2n) is 5.26. The van der Waals surface area contributed by atoms with Gasteiger partial charge in [0.1, 0.15) is 11.8 Å². The van der Waals surface area contributed by atoms with Gasteiger partial charge in [-0.05, 0) is 31.3 Å². The highest BCUT2D eigenvalue weighted by Gasteiger charge is 2.22. The molecule has 7 nitrogen and oxygen atoms in total. The van der Waals surface area contributed by atoms with Gasteiger partial charge in [-0.15, -0.1) is 15.0 Å². The molecule has 0 amide bonds. The lowest BCUT2D eigenvalue weighted by Crippen LogP contribution is -2.45. The molecule has 0 N–H and O–H groups in total. The van der Waals surface area contributed by atoms with Crippen molar-refractivity contribution in [2.24, 2.45) is 0 Å². The molecule has 0 bridgehead atoms. The zero-order valence-corrected chi connectivity index (χ0v) is 12.7. The number of piperazine rings is 1.